The van der Waals surface area contributed by atoms with Crippen molar-refractivity contribution < 1.29 is 14.3 Å². The molecule has 0 spiro atoms. The van der Waals surface area contributed by atoms with Gasteiger partial charge >= 0.3 is 0 Å². The van der Waals surface area contributed by atoms with E-state index in [1.54, 1.807) is 29.2 Å². The quantitative estimate of drug-likeness (QED) is 0.884. The fourth-order valence-corrected chi connectivity index (χ4v) is 2.84. The molecule has 0 bridgehead atoms. The number of nitrogens with zero attached hydrogens (tertiary/aromatic N) is 1. The Hall–Kier alpha value is -2.53. The first-order chi connectivity index (χ1) is 12.0. The van der Waals surface area contributed by atoms with Crippen LogP contribution >= 0.6 is 11.6 Å². The van der Waals surface area contributed by atoms with Crippen LogP contribution in [0.5, 0.6) is 5.75 Å². The normalized spacial score (nSPS) is 13.8. The summed E-state index contributed by atoms with van der Waals surface area (Å²) in [4.78, 5) is 25.5. The van der Waals surface area contributed by atoms with Gasteiger partial charge in [0.25, 0.3) is 5.91 Å². The van der Waals surface area contributed by atoms with E-state index in [9.17, 15) is 9.59 Å². The Morgan fingerprint density at radius 3 is 2.64 bits per heavy atom. The summed E-state index contributed by atoms with van der Waals surface area (Å²) in [6.45, 7) is 2.55. The first-order valence-corrected chi connectivity index (χ1v) is 8.50. The Balaban J connectivity index is 1.53. The van der Waals surface area contributed by atoms with Crippen LogP contribution in [0.1, 0.15) is 18.4 Å². The van der Waals surface area contributed by atoms with Crippen LogP contribution in [-0.2, 0) is 9.59 Å². The Morgan fingerprint density at radius 1 is 1.24 bits per heavy atom. The highest BCUT2D eigenvalue weighted by molar-refractivity contribution is 6.31. The number of halogens is 1. The van der Waals surface area contributed by atoms with Gasteiger partial charge in [0.2, 0.25) is 5.91 Å². The third-order valence-corrected chi connectivity index (χ3v) is 4.45. The number of hydrogen-bond donors (Lipinski definition) is 1. The summed E-state index contributed by atoms with van der Waals surface area (Å²) in [6.07, 6.45) is 1.49. The molecule has 1 aliphatic heterocycles. The largest absolute Gasteiger partial charge is 0.484 e. The summed E-state index contributed by atoms with van der Waals surface area (Å²) < 4.78 is 5.49. The maximum atomic E-state index is 12.0. The van der Waals surface area contributed by atoms with Crippen LogP contribution in [0, 0.1) is 6.92 Å². The summed E-state index contributed by atoms with van der Waals surface area (Å²) in [5.41, 5.74) is 2.44. The van der Waals surface area contributed by atoms with Gasteiger partial charge in [-0.15, -0.1) is 0 Å². The average Bonchev–Trinajstić information content (AvgIpc) is 3.03. The predicted molar refractivity (Wildman–Crippen MR) is 98.3 cm³/mol. The number of aryl methyl sites for hydroxylation is 1. The van der Waals surface area contributed by atoms with E-state index in [-0.39, 0.29) is 18.4 Å². The molecule has 3 rings (SSSR count). The second-order valence-electron chi connectivity index (χ2n) is 5.94. The van der Waals surface area contributed by atoms with Crippen molar-refractivity contribution in [1.29, 1.82) is 0 Å². The Kier molecular flexibility index (Phi) is 5.24. The van der Waals surface area contributed by atoms with Crippen molar-refractivity contribution in [3.63, 3.8) is 0 Å². The van der Waals surface area contributed by atoms with Gasteiger partial charge < -0.3 is 15.0 Å². The highest BCUT2D eigenvalue weighted by atomic mass is 35.5. The number of ether oxygens (including phenoxy) is 1. The number of rotatable bonds is 5. The fraction of sp³-hybridized carbons (Fsp3) is 0.263. The highest BCUT2D eigenvalue weighted by Crippen LogP contribution is 2.24. The van der Waals surface area contributed by atoms with Gasteiger partial charge in [0.15, 0.2) is 6.61 Å². The van der Waals surface area contributed by atoms with E-state index in [1.807, 2.05) is 25.1 Å². The van der Waals surface area contributed by atoms with Crippen molar-refractivity contribution >= 4 is 34.8 Å². The van der Waals surface area contributed by atoms with E-state index < -0.39 is 0 Å². The van der Waals surface area contributed by atoms with E-state index in [0.717, 1.165) is 24.2 Å². The second kappa shape index (κ2) is 7.57. The fourth-order valence-electron chi connectivity index (χ4n) is 2.66. The van der Waals surface area contributed by atoms with Crippen LogP contribution in [0.4, 0.5) is 11.4 Å². The van der Waals surface area contributed by atoms with Crippen LogP contribution < -0.4 is 15.0 Å². The number of nitrogens with one attached hydrogen (secondary N) is 1. The molecule has 1 saturated heterocycles. The summed E-state index contributed by atoms with van der Waals surface area (Å²) in [7, 11) is 0. The van der Waals surface area contributed by atoms with E-state index in [0.29, 0.717) is 22.9 Å². The topological polar surface area (TPSA) is 58.6 Å². The second-order valence-corrected chi connectivity index (χ2v) is 6.35. The number of hydrogen-bond acceptors (Lipinski definition) is 3. The summed E-state index contributed by atoms with van der Waals surface area (Å²) in [5.74, 6) is 0.455. The summed E-state index contributed by atoms with van der Waals surface area (Å²) in [6, 6.07) is 12.5. The molecule has 0 radical (unpaired) electrons. The molecule has 6 heteroatoms. The minimum Gasteiger partial charge on any atom is -0.484 e. The standard InChI is InChI=1S/C19H19ClN2O3/c1-13-4-5-14(11-17(13)20)21-18(23)12-25-16-8-6-15(7-9-16)22-10-2-3-19(22)24/h4-9,11H,2-3,10,12H2,1H3,(H,21,23). The van der Waals surface area contributed by atoms with Gasteiger partial charge in [0.1, 0.15) is 5.75 Å². The molecular weight excluding hydrogens is 340 g/mol. The van der Waals surface area contributed by atoms with E-state index in [4.69, 9.17) is 16.3 Å². The molecule has 0 aliphatic carbocycles. The lowest BCUT2D eigenvalue weighted by Crippen LogP contribution is -2.23. The van der Waals surface area contributed by atoms with E-state index >= 15 is 0 Å². The molecule has 2 aromatic carbocycles. The molecule has 2 aromatic rings. The van der Waals surface area contributed by atoms with Gasteiger partial charge in [-0.3, -0.25) is 9.59 Å². The van der Waals surface area contributed by atoms with Crippen molar-refractivity contribution in [2.75, 3.05) is 23.4 Å². The van der Waals surface area contributed by atoms with Crippen LogP contribution in [-0.4, -0.2) is 25.0 Å². The first kappa shape index (κ1) is 17.3. The van der Waals surface area contributed by atoms with E-state index in [1.165, 1.54) is 0 Å². The molecule has 0 atom stereocenters. The maximum Gasteiger partial charge on any atom is 0.262 e. The van der Waals surface area contributed by atoms with Crippen molar-refractivity contribution in [2.45, 2.75) is 19.8 Å². The Morgan fingerprint density at radius 2 is 2.00 bits per heavy atom. The number of amides is 2. The monoisotopic (exact) mass is 358 g/mol. The molecule has 25 heavy (non-hydrogen) atoms. The van der Waals surface area contributed by atoms with Gasteiger partial charge in [-0.1, -0.05) is 17.7 Å². The minimum atomic E-state index is -0.265. The minimum absolute atomic E-state index is 0.104. The smallest absolute Gasteiger partial charge is 0.262 e. The average molecular weight is 359 g/mol. The third kappa shape index (κ3) is 4.31. The molecule has 1 N–H and O–H groups in total. The zero-order valence-corrected chi connectivity index (χ0v) is 14.7. The van der Waals surface area contributed by atoms with Gasteiger partial charge in [0, 0.05) is 29.4 Å². The van der Waals surface area contributed by atoms with Crippen molar-refractivity contribution in [1.82, 2.24) is 0 Å². The molecule has 1 aliphatic rings. The van der Waals surface area contributed by atoms with Crippen LogP contribution in [0.25, 0.3) is 0 Å². The number of anilines is 2. The lowest BCUT2D eigenvalue weighted by molar-refractivity contribution is -0.118. The lowest BCUT2D eigenvalue weighted by Gasteiger charge is -2.16. The lowest BCUT2D eigenvalue weighted by atomic mass is 10.2. The number of carbonyl (C=O) groups is 2. The maximum absolute atomic E-state index is 12.0. The zero-order valence-electron chi connectivity index (χ0n) is 13.9. The van der Waals surface area contributed by atoms with Crippen molar-refractivity contribution in [3.8, 4) is 5.75 Å². The molecular formula is C19H19ClN2O3. The van der Waals surface area contributed by atoms with Crippen molar-refractivity contribution in [2.24, 2.45) is 0 Å². The van der Waals surface area contributed by atoms with Gasteiger partial charge in [0.05, 0.1) is 0 Å². The molecule has 5 nitrogen and oxygen atoms in total. The molecule has 2 amide bonds. The first-order valence-electron chi connectivity index (χ1n) is 8.12. The Labute approximate surface area is 151 Å². The Bertz CT molecular complexity index is 790. The SMILES string of the molecule is Cc1ccc(NC(=O)COc2ccc(N3CCCC3=O)cc2)cc1Cl. The molecule has 1 fully saturated rings. The summed E-state index contributed by atoms with van der Waals surface area (Å²) in [5, 5.41) is 3.34. The van der Waals surface area contributed by atoms with Gasteiger partial charge in [-0.05, 0) is 55.3 Å². The van der Waals surface area contributed by atoms with E-state index in [2.05, 4.69) is 5.32 Å². The molecule has 0 aromatic heterocycles. The van der Waals surface area contributed by atoms with Crippen LogP contribution in [0.3, 0.4) is 0 Å². The highest BCUT2D eigenvalue weighted by Gasteiger charge is 2.21. The zero-order chi connectivity index (χ0) is 17.8. The van der Waals surface area contributed by atoms with Gasteiger partial charge in [-0.25, -0.2) is 0 Å². The van der Waals surface area contributed by atoms with Crippen LogP contribution in [0.15, 0.2) is 42.5 Å². The number of benzene rings is 2. The molecule has 1 heterocycles. The molecule has 130 valence electrons. The summed E-state index contributed by atoms with van der Waals surface area (Å²) >= 11 is 6.04. The number of carbonyl (C=O) groups excluding carboxylic acids is 2. The predicted octanol–water partition coefficient (Wildman–Crippen LogP) is 3.79. The molecule has 0 unspecified atom stereocenters. The van der Waals surface area contributed by atoms with Gasteiger partial charge in [-0.2, -0.15) is 0 Å². The van der Waals surface area contributed by atoms with Crippen LogP contribution in [0.2, 0.25) is 5.02 Å². The van der Waals surface area contributed by atoms with Crippen molar-refractivity contribution in [3.05, 3.63) is 53.1 Å². The third-order valence-electron chi connectivity index (χ3n) is 4.05. The molecule has 0 saturated carbocycles.